The minimum absolute atomic E-state index is 0.0165. The number of carbonyl (C=O) groups excluding carboxylic acids is 6. The summed E-state index contributed by atoms with van der Waals surface area (Å²) in [6.07, 6.45) is 3.88. The van der Waals surface area contributed by atoms with E-state index in [4.69, 9.17) is 10.5 Å². The summed E-state index contributed by atoms with van der Waals surface area (Å²) in [5.41, 5.74) is 8.42. The molecule has 3 aromatic rings. The zero-order chi connectivity index (χ0) is 47.5. The number of nitrogens with zero attached hydrogens (tertiary/aromatic N) is 1. The number of nitrogens with two attached hydrogens (primary N) is 1. The number of carbonyl (C=O) groups is 6. The molecule has 18 heteroatoms. The molecule has 354 valence electrons. The molecule has 0 heterocycles. The van der Waals surface area contributed by atoms with Gasteiger partial charge in [-0.25, -0.2) is 9.59 Å². The molecular formula is C47H68N10O8. The second-order valence-electron chi connectivity index (χ2n) is 16.3. The van der Waals surface area contributed by atoms with E-state index in [1.54, 1.807) is 19.1 Å². The number of ether oxygens (including phenoxy) is 1. The number of benzene rings is 3. The van der Waals surface area contributed by atoms with E-state index in [0.29, 0.717) is 50.9 Å². The number of amides is 7. The predicted octanol–water partition coefficient (Wildman–Crippen LogP) is 4.25. The third kappa shape index (κ3) is 22.4. The van der Waals surface area contributed by atoms with Crippen LogP contribution in [0.4, 0.5) is 15.3 Å². The number of alkyl carbamates (subject to hydrolysis) is 1. The summed E-state index contributed by atoms with van der Waals surface area (Å²) in [5.74, 6) is -1.71. The smallest absolute Gasteiger partial charge is 0.407 e. The lowest BCUT2D eigenvalue weighted by molar-refractivity contribution is -0.129. The average molecular weight is 901 g/mol. The van der Waals surface area contributed by atoms with Crippen LogP contribution in [0.2, 0.25) is 0 Å². The number of aliphatic imine (C=N–C) groups is 1. The van der Waals surface area contributed by atoms with Crippen LogP contribution in [0.3, 0.4) is 0 Å². The van der Waals surface area contributed by atoms with Crippen molar-refractivity contribution in [2.75, 3.05) is 44.6 Å². The number of urea groups is 1. The molecule has 2 atom stereocenters. The molecule has 65 heavy (non-hydrogen) atoms. The van der Waals surface area contributed by atoms with Gasteiger partial charge in [0.25, 0.3) is 0 Å². The number of aromatic hydroxyl groups is 1. The van der Waals surface area contributed by atoms with E-state index < -0.39 is 35.6 Å². The van der Waals surface area contributed by atoms with Crippen LogP contribution in [0, 0.1) is 0 Å². The molecule has 11 N–H and O–H groups in total. The molecule has 7 amide bonds. The SMILES string of the molecule is CCC(=O)NCCNC(=O)/N=C(/N)NCCCC(NC(=O)[C@H](c1ccccc1)c1ccc(NCCCNC(=O)CCCCCNC(=O)OC(C)(C)C)cc1)C(=O)NCc1ccc(O)cc1. The Hall–Kier alpha value is -6.85. The minimum Gasteiger partial charge on any atom is -0.508 e. The van der Waals surface area contributed by atoms with Crippen molar-refractivity contribution in [1.29, 1.82) is 0 Å². The number of hydrogen-bond acceptors (Lipinski definition) is 9. The molecule has 0 spiro atoms. The van der Waals surface area contributed by atoms with Crippen LogP contribution in [0.15, 0.2) is 83.9 Å². The maximum Gasteiger partial charge on any atom is 0.407 e. The van der Waals surface area contributed by atoms with Crippen molar-refractivity contribution >= 4 is 47.4 Å². The van der Waals surface area contributed by atoms with Gasteiger partial charge in [-0.05, 0) is 93.8 Å². The first-order chi connectivity index (χ1) is 31.1. The standard InChI is InChI=1S/C47H68N10O8/c1-5-39(59)51-30-31-53-45(63)57-44(48)52-27-12-16-38(42(61)55-32-33-18-24-37(58)25-19-33)56-43(62)41(34-14-8-6-9-15-34)35-20-22-36(23-21-35)49-28-13-29-50-40(60)17-10-7-11-26-54-46(64)65-47(2,3)4/h6,8-9,14-15,18-25,38,41,49,58H,5,7,10-13,16-17,26-32H2,1-4H3,(H,50,60)(H,51,59)(H,54,64)(H,55,61)(H,56,62)(H4,48,52,53,57,63)/t38?,41-/m1/s1. The molecule has 0 saturated heterocycles. The van der Waals surface area contributed by atoms with E-state index in [1.165, 1.54) is 12.1 Å². The number of unbranched alkanes of at least 4 members (excludes halogenated alkanes) is 2. The van der Waals surface area contributed by atoms with E-state index in [0.717, 1.165) is 36.1 Å². The van der Waals surface area contributed by atoms with Gasteiger partial charge in [0.15, 0.2) is 5.96 Å². The molecule has 0 aliphatic heterocycles. The Labute approximate surface area is 382 Å². The number of phenolic OH excluding ortho intramolecular Hbond substituents is 1. The van der Waals surface area contributed by atoms with Gasteiger partial charge in [0.05, 0.1) is 5.92 Å². The molecule has 0 aromatic heterocycles. The van der Waals surface area contributed by atoms with Crippen molar-refractivity contribution in [3.8, 4) is 5.75 Å². The van der Waals surface area contributed by atoms with Crippen molar-refractivity contribution in [2.24, 2.45) is 10.7 Å². The van der Waals surface area contributed by atoms with Gasteiger partial charge in [-0.1, -0.05) is 67.9 Å². The number of anilines is 1. The average Bonchev–Trinajstić information content (AvgIpc) is 3.27. The Balaban J connectivity index is 1.55. The van der Waals surface area contributed by atoms with Crippen molar-refractivity contribution in [3.63, 3.8) is 0 Å². The molecular weight excluding hydrogens is 833 g/mol. The van der Waals surface area contributed by atoms with E-state index in [1.807, 2.05) is 75.4 Å². The highest BCUT2D eigenvalue weighted by Crippen LogP contribution is 2.27. The van der Waals surface area contributed by atoms with Crippen LogP contribution >= 0.6 is 0 Å². The summed E-state index contributed by atoms with van der Waals surface area (Å²) in [5, 5.41) is 32.6. The summed E-state index contributed by atoms with van der Waals surface area (Å²) < 4.78 is 5.22. The Morgan fingerprint density at radius 1 is 0.662 bits per heavy atom. The summed E-state index contributed by atoms with van der Waals surface area (Å²) in [7, 11) is 0. The Kier molecular flexibility index (Phi) is 23.2. The van der Waals surface area contributed by atoms with Gasteiger partial charge in [-0.2, -0.15) is 4.99 Å². The zero-order valence-corrected chi connectivity index (χ0v) is 38.1. The largest absolute Gasteiger partial charge is 0.508 e. The number of phenols is 1. The number of guanidine groups is 1. The topological polar surface area (TPSA) is 266 Å². The van der Waals surface area contributed by atoms with Crippen molar-refractivity contribution in [2.45, 2.75) is 103 Å². The van der Waals surface area contributed by atoms with Crippen LogP contribution in [0.25, 0.3) is 0 Å². The fourth-order valence-corrected chi connectivity index (χ4v) is 6.32. The first-order valence-electron chi connectivity index (χ1n) is 22.2. The molecule has 3 aromatic carbocycles. The van der Waals surface area contributed by atoms with Gasteiger partial charge in [0.1, 0.15) is 17.4 Å². The molecule has 0 aliphatic carbocycles. The van der Waals surface area contributed by atoms with Gasteiger partial charge in [-0.15, -0.1) is 0 Å². The third-order valence-corrected chi connectivity index (χ3v) is 9.67. The second-order valence-corrected chi connectivity index (χ2v) is 16.3. The zero-order valence-electron chi connectivity index (χ0n) is 38.1. The van der Waals surface area contributed by atoms with Crippen LogP contribution in [0.1, 0.15) is 102 Å². The molecule has 18 nitrogen and oxygen atoms in total. The molecule has 1 unspecified atom stereocenters. The van der Waals surface area contributed by atoms with Crippen LogP contribution in [-0.4, -0.2) is 97.7 Å². The Morgan fingerprint density at radius 2 is 1.31 bits per heavy atom. The van der Waals surface area contributed by atoms with Crippen molar-refractivity contribution in [1.82, 2.24) is 37.2 Å². The fraction of sp³-hybridized carbons (Fsp3) is 0.468. The van der Waals surface area contributed by atoms with Crippen molar-refractivity contribution < 1.29 is 38.6 Å². The quantitative estimate of drug-likeness (QED) is 0.0309. The van der Waals surface area contributed by atoms with Gasteiger partial charge in [-0.3, -0.25) is 19.2 Å². The van der Waals surface area contributed by atoms with Crippen LogP contribution in [-0.2, 0) is 30.5 Å². The lowest BCUT2D eigenvalue weighted by Gasteiger charge is -2.23. The highest BCUT2D eigenvalue weighted by molar-refractivity contribution is 5.93. The summed E-state index contributed by atoms with van der Waals surface area (Å²) in [6.45, 7) is 9.63. The van der Waals surface area contributed by atoms with Crippen molar-refractivity contribution in [3.05, 3.63) is 95.6 Å². The monoisotopic (exact) mass is 901 g/mol. The highest BCUT2D eigenvalue weighted by Gasteiger charge is 2.28. The van der Waals surface area contributed by atoms with E-state index >= 15 is 0 Å². The lowest BCUT2D eigenvalue weighted by atomic mass is 9.90. The number of rotatable bonds is 26. The van der Waals surface area contributed by atoms with Crippen LogP contribution < -0.4 is 48.3 Å². The van der Waals surface area contributed by atoms with E-state index in [9.17, 15) is 33.9 Å². The molecule has 0 radical (unpaired) electrons. The maximum absolute atomic E-state index is 14.2. The summed E-state index contributed by atoms with van der Waals surface area (Å²) in [6, 6.07) is 21.6. The summed E-state index contributed by atoms with van der Waals surface area (Å²) in [4.78, 5) is 79.2. The van der Waals surface area contributed by atoms with Gasteiger partial charge < -0.3 is 58.1 Å². The Bertz CT molecular complexity index is 1970. The Morgan fingerprint density at radius 3 is 2.00 bits per heavy atom. The van der Waals surface area contributed by atoms with Gasteiger partial charge in [0, 0.05) is 64.3 Å². The third-order valence-electron chi connectivity index (χ3n) is 9.67. The summed E-state index contributed by atoms with van der Waals surface area (Å²) >= 11 is 0. The number of hydrogen-bond donors (Lipinski definition) is 10. The van der Waals surface area contributed by atoms with Gasteiger partial charge >= 0.3 is 12.1 Å². The minimum atomic E-state index is -0.943. The molecule has 0 aliphatic rings. The first-order valence-corrected chi connectivity index (χ1v) is 22.2. The van der Waals surface area contributed by atoms with E-state index in [2.05, 4.69) is 47.5 Å². The lowest BCUT2D eigenvalue weighted by Crippen LogP contribution is -2.48. The molecule has 3 rings (SSSR count). The predicted molar refractivity (Wildman–Crippen MR) is 251 cm³/mol. The van der Waals surface area contributed by atoms with Gasteiger partial charge in [0.2, 0.25) is 23.6 Å². The van der Waals surface area contributed by atoms with Crippen LogP contribution in [0.5, 0.6) is 5.75 Å². The molecule has 0 fully saturated rings. The second kappa shape index (κ2) is 28.8. The van der Waals surface area contributed by atoms with E-state index in [-0.39, 0.29) is 62.0 Å². The fourth-order valence-electron chi connectivity index (χ4n) is 6.32. The first kappa shape index (κ1) is 52.5. The molecule has 0 bridgehead atoms. The normalized spacial score (nSPS) is 12.2. The highest BCUT2D eigenvalue weighted by atomic mass is 16.6. The number of nitrogens with one attached hydrogen (secondary N) is 8. The maximum atomic E-state index is 14.2. The molecule has 0 saturated carbocycles.